The second-order valence-corrected chi connectivity index (χ2v) is 10.5. The Morgan fingerprint density at radius 2 is 1.46 bits per heavy atom. The normalized spacial score (nSPS) is 17.7. The Morgan fingerprint density at radius 3 is 1.97 bits per heavy atom. The number of aryl methyl sites for hydroxylation is 1. The van der Waals surface area contributed by atoms with Crippen molar-refractivity contribution in [2.45, 2.75) is 72.6 Å². The molecule has 2 aliphatic rings. The maximum Gasteiger partial charge on any atom is 0.161 e. The van der Waals surface area contributed by atoms with Crippen molar-refractivity contribution in [3.8, 4) is 17.2 Å². The lowest BCUT2D eigenvalue weighted by atomic mass is 9.78. The van der Waals surface area contributed by atoms with Crippen molar-refractivity contribution in [3.63, 3.8) is 0 Å². The van der Waals surface area contributed by atoms with Gasteiger partial charge in [0.2, 0.25) is 0 Å². The number of methoxy groups -OCH3 is 2. The van der Waals surface area contributed by atoms with E-state index in [2.05, 4.69) is 82.8 Å². The van der Waals surface area contributed by atoms with Crippen molar-refractivity contribution >= 4 is 5.69 Å². The molecule has 0 saturated carbocycles. The zero-order valence-electron chi connectivity index (χ0n) is 22.3. The van der Waals surface area contributed by atoms with Crippen LogP contribution in [0.25, 0.3) is 0 Å². The van der Waals surface area contributed by atoms with Gasteiger partial charge in [-0.15, -0.1) is 0 Å². The predicted molar refractivity (Wildman–Crippen MR) is 142 cm³/mol. The highest BCUT2D eigenvalue weighted by molar-refractivity contribution is 5.73. The van der Waals surface area contributed by atoms with Crippen molar-refractivity contribution in [3.05, 3.63) is 80.9 Å². The van der Waals surface area contributed by atoms with E-state index < -0.39 is 0 Å². The number of nitrogens with zero attached hydrogens (tertiary/aromatic N) is 1. The summed E-state index contributed by atoms with van der Waals surface area (Å²) >= 11 is 0. The summed E-state index contributed by atoms with van der Waals surface area (Å²) in [6, 6.07) is 13.4. The van der Waals surface area contributed by atoms with Gasteiger partial charge in [-0.05, 0) is 92.1 Å². The Balaban J connectivity index is 1.62. The third-order valence-electron chi connectivity index (χ3n) is 8.08. The van der Waals surface area contributed by atoms with Crippen molar-refractivity contribution in [2.24, 2.45) is 0 Å². The van der Waals surface area contributed by atoms with Crippen LogP contribution in [0.2, 0.25) is 0 Å². The maximum absolute atomic E-state index is 6.70. The quantitative estimate of drug-likeness (QED) is 0.400. The fourth-order valence-corrected chi connectivity index (χ4v) is 6.15. The van der Waals surface area contributed by atoms with Gasteiger partial charge in [-0.25, -0.2) is 0 Å². The number of hydrogen-bond donors (Lipinski definition) is 0. The van der Waals surface area contributed by atoms with Crippen LogP contribution in [0.15, 0.2) is 36.4 Å². The molecule has 0 aromatic heterocycles. The first-order chi connectivity index (χ1) is 16.7. The van der Waals surface area contributed by atoms with Gasteiger partial charge in [0.15, 0.2) is 11.5 Å². The molecule has 1 atom stereocenters. The average Bonchev–Trinajstić information content (AvgIpc) is 3.38. The van der Waals surface area contributed by atoms with Gasteiger partial charge >= 0.3 is 0 Å². The van der Waals surface area contributed by atoms with Crippen LogP contribution in [0.1, 0.15) is 71.2 Å². The molecule has 0 amide bonds. The summed E-state index contributed by atoms with van der Waals surface area (Å²) in [5.74, 6) is 2.83. The minimum Gasteiger partial charge on any atom is -0.493 e. The summed E-state index contributed by atoms with van der Waals surface area (Å²) in [6.45, 7) is 15.1. The van der Waals surface area contributed by atoms with Crippen LogP contribution >= 0.6 is 0 Å². The molecular weight excluding hydrogens is 434 g/mol. The molecule has 0 N–H and O–H groups in total. The Morgan fingerprint density at radius 1 is 0.886 bits per heavy atom. The Hall–Kier alpha value is -3.14. The molecule has 2 heterocycles. The summed E-state index contributed by atoms with van der Waals surface area (Å²) in [5, 5.41) is 0. The first-order valence-electron chi connectivity index (χ1n) is 12.6. The molecule has 0 fully saturated rings. The minimum absolute atomic E-state index is 0.187. The monoisotopic (exact) mass is 471 g/mol. The van der Waals surface area contributed by atoms with Crippen LogP contribution in [0.4, 0.5) is 5.69 Å². The van der Waals surface area contributed by atoms with E-state index in [1.807, 2.05) is 0 Å². The van der Waals surface area contributed by atoms with Gasteiger partial charge in [0.05, 0.1) is 20.1 Å². The third-order valence-corrected chi connectivity index (χ3v) is 8.08. The number of ether oxygens (including phenoxy) is 3. The Bertz CT molecular complexity index is 1260. The fraction of sp³-hybridized carbons (Fsp3) is 0.419. The number of fused-ring (bicyclic) bond motifs is 2. The van der Waals surface area contributed by atoms with E-state index in [0.29, 0.717) is 0 Å². The lowest BCUT2D eigenvalue weighted by Gasteiger charge is -2.29. The molecule has 3 aromatic carbocycles. The molecule has 1 unspecified atom stereocenters. The fourth-order valence-electron chi connectivity index (χ4n) is 6.15. The van der Waals surface area contributed by atoms with E-state index in [9.17, 15) is 0 Å². The second-order valence-electron chi connectivity index (χ2n) is 10.5. The largest absolute Gasteiger partial charge is 0.493 e. The smallest absolute Gasteiger partial charge is 0.161 e. The molecule has 0 bridgehead atoms. The van der Waals surface area contributed by atoms with E-state index in [1.165, 1.54) is 50.2 Å². The molecule has 35 heavy (non-hydrogen) atoms. The Labute approximate surface area is 209 Å². The standard InChI is InChI=1S/C31H37NO3/c1-9-21-10-12-22(13-11-21)28-27-20(4)29(18(2)19(3)30(27)35-31(28,5)6)32-16-23-14-25(33-7)26(34-8)15-24(23)17-32/h10-15,28H,9,16-17H2,1-8H3. The lowest BCUT2D eigenvalue weighted by molar-refractivity contribution is 0.121. The zero-order valence-corrected chi connectivity index (χ0v) is 22.3. The molecule has 5 rings (SSSR count). The van der Waals surface area contributed by atoms with Gasteiger partial charge in [-0.1, -0.05) is 31.2 Å². The van der Waals surface area contributed by atoms with Crippen LogP contribution in [0.5, 0.6) is 17.2 Å². The van der Waals surface area contributed by atoms with Crippen molar-refractivity contribution in [2.75, 3.05) is 19.1 Å². The molecular formula is C31H37NO3. The van der Waals surface area contributed by atoms with Gasteiger partial charge in [0.1, 0.15) is 11.4 Å². The van der Waals surface area contributed by atoms with Crippen molar-refractivity contribution in [1.82, 2.24) is 0 Å². The molecule has 4 heteroatoms. The van der Waals surface area contributed by atoms with Crippen molar-refractivity contribution < 1.29 is 14.2 Å². The first kappa shape index (κ1) is 23.6. The van der Waals surface area contributed by atoms with Gasteiger partial charge < -0.3 is 19.1 Å². The van der Waals surface area contributed by atoms with E-state index in [4.69, 9.17) is 14.2 Å². The molecule has 0 spiro atoms. The predicted octanol–water partition coefficient (Wildman–Crippen LogP) is 7.01. The van der Waals surface area contributed by atoms with E-state index in [-0.39, 0.29) is 11.5 Å². The topological polar surface area (TPSA) is 30.9 Å². The minimum atomic E-state index is -0.314. The van der Waals surface area contributed by atoms with Crippen LogP contribution in [0.3, 0.4) is 0 Å². The average molecular weight is 472 g/mol. The lowest BCUT2D eigenvalue weighted by Crippen LogP contribution is -2.31. The van der Waals surface area contributed by atoms with Crippen LogP contribution in [-0.4, -0.2) is 19.8 Å². The summed E-state index contributed by atoms with van der Waals surface area (Å²) in [5.41, 5.74) is 11.5. The summed E-state index contributed by atoms with van der Waals surface area (Å²) in [4.78, 5) is 2.50. The van der Waals surface area contributed by atoms with E-state index >= 15 is 0 Å². The molecule has 0 radical (unpaired) electrons. The SMILES string of the molecule is CCc1ccc(C2c3c(C)c(N4Cc5cc(OC)c(OC)cc5C4)c(C)c(C)c3OC2(C)C)cc1. The number of hydrogen-bond acceptors (Lipinski definition) is 4. The molecule has 0 aliphatic carbocycles. The molecule has 3 aromatic rings. The highest BCUT2D eigenvalue weighted by Gasteiger charge is 2.45. The molecule has 184 valence electrons. The summed E-state index contributed by atoms with van der Waals surface area (Å²) < 4.78 is 17.8. The van der Waals surface area contributed by atoms with Gasteiger partial charge in [0, 0.05) is 24.3 Å². The number of benzene rings is 3. The molecule has 2 aliphatic heterocycles. The maximum atomic E-state index is 6.70. The molecule has 4 nitrogen and oxygen atoms in total. The summed E-state index contributed by atoms with van der Waals surface area (Å²) in [7, 11) is 3.40. The first-order valence-corrected chi connectivity index (χ1v) is 12.6. The highest BCUT2D eigenvalue weighted by Crippen LogP contribution is 2.54. The number of anilines is 1. The van der Waals surface area contributed by atoms with Gasteiger partial charge in [-0.3, -0.25) is 0 Å². The van der Waals surface area contributed by atoms with Crippen LogP contribution in [0, 0.1) is 20.8 Å². The van der Waals surface area contributed by atoms with E-state index in [0.717, 1.165) is 36.8 Å². The Kier molecular flexibility index (Phi) is 5.74. The number of rotatable bonds is 5. The third kappa shape index (κ3) is 3.65. The summed E-state index contributed by atoms with van der Waals surface area (Å²) in [6.07, 6.45) is 1.05. The van der Waals surface area contributed by atoms with Crippen molar-refractivity contribution in [1.29, 1.82) is 0 Å². The van der Waals surface area contributed by atoms with Gasteiger partial charge in [-0.2, -0.15) is 0 Å². The second kappa shape index (κ2) is 8.51. The highest BCUT2D eigenvalue weighted by atomic mass is 16.5. The van der Waals surface area contributed by atoms with Crippen LogP contribution in [-0.2, 0) is 19.5 Å². The van der Waals surface area contributed by atoms with E-state index in [1.54, 1.807) is 14.2 Å². The molecule has 0 saturated heterocycles. The van der Waals surface area contributed by atoms with Gasteiger partial charge in [0.25, 0.3) is 0 Å². The van der Waals surface area contributed by atoms with Crippen LogP contribution < -0.4 is 19.1 Å². The zero-order chi connectivity index (χ0) is 25.1.